The molecule has 1 saturated heterocycles. The molecule has 0 aromatic heterocycles. The molecule has 2 rings (SSSR count). The Morgan fingerprint density at radius 2 is 1.75 bits per heavy atom. The van der Waals surface area contributed by atoms with Crippen LogP contribution in [0.3, 0.4) is 0 Å². The molecular weight excluding hydrogens is 304 g/mol. The third kappa shape index (κ3) is 4.40. The number of nitrogens with zero attached hydrogens (tertiary/aromatic N) is 2. The summed E-state index contributed by atoms with van der Waals surface area (Å²) in [7, 11) is 1.39. The molecule has 134 valence electrons. The van der Waals surface area contributed by atoms with Crippen LogP contribution >= 0.6 is 0 Å². The lowest BCUT2D eigenvalue weighted by atomic mass is 9.72. The predicted molar refractivity (Wildman–Crippen MR) is 94.6 cm³/mol. The molecule has 1 aliphatic heterocycles. The first-order chi connectivity index (χ1) is 11.3. The average Bonchev–Trinajstić information content (AvgIpc) is 2.79. The number of methoxy groups -OCH3 is 1. The molecule has 0 unspecified atom stereocenters. The van der Waals surface area contributed by atoms with Gasteiger partial charge in [-0.15, -0.1) is 0 Å². The van der Waals surface area contributed by atoms with Gasteiger partial charge in [0, 0.05) is 32.3 Å². The third-order valence-electron chi connectivity index (χ3n) is 5.18. The molecule has 5 heteroatoms. The molecule has 0 bridgehead atoms. The van der Waals surface area contributed by atoms with E-state index in [-0.39, 0.29) is 17.4 Å². The molecule has 24 heavy (non-hydrogen) atoms. The lowest BCUT2D eigenvalue weighted by molar-refractivity contribution is -0.125. The first-order valence-corrected chi connectivity index (χ1v) is 8.85. The molecule has 0 radical (unpaired) electrons. The minimum absolute atomic E-state index is 0.0309. The predicted octanol–water partition coefficient (Wildman–Crippen LogP) is 3.37. The fraction of sp³-hybridized carbons (Fsp3) is 0.684. The van der Waals surface area contributed by atoms with Crippen molar-refractivity contribution in [3.8, 4) is 0 Å². The van der Waals surface area contributed by atoms with Crippen LogP contribution in [0.2, 0.25) is 0 Å². The zero-order valence-corrected chi connectivity index (χ0v) is 15.4. The van der Waals surface area contributed by atoms with Crippen molar-refractivity contribution in [2.24, 2.45) is 5.41 Å². The number of carbonyl (C=O) groups is 2. The van der Waals surface area contributed by atoms with E-state index in [4.69, 9.17) is 4.74 Å². The maximum absolute atomic E-state index is 12.5. The molecule has 0 saturated carbocycles. The van der Waals surface area contributed by atoms with E-state index in [1.54, 1.807) is 11.0 Å². The first kappa shape index (κ1) is 18.6. The van der Waals surface area contributed by atoms with Crippen LogP contribution < -0.4 is 0 Å². The molecule has 0 N–H and O–H groups in total. The molecule has 1 heterocycles. The van der Waals surface area contributed by atoms with Crippen molar-refractivity contribution in [1.82, 2.24) is 9.80 Å². The lowest BCUT2D eigenvalue weighted by Crippen LogP contribution is -2.36. The number of amides is 2. The van der Waals surface area contributed by atoms with E-state index in [1.807, 2.05) is 11.0 Å². The van der Waals surface area contributed by atoms with Crippen LogP contribution in [0.5, 0.6) is 0 Å². The zero-order valence-electron chi connectivity index (χ0n) is 15.4. The maximum atomic E-state index is 12.5. The molecule has 1 fully saturated rings. The van der Waals surface area contributed by atoms with Crippen molar-refractivity contribution in [2.75, 3.05) is 33.3 Å². The van der Waals surface area contributed by atoms with E-state index in [9.17, 15) is 9.59 Å². The van der Waals surface area contributed by atoms with E-state index < -0.39 is 0 Å². The highest BCUT2D eigenvalue weighted by atomic mass is 16.5. The molecule has 1 aliphatic carbocycles. The Balaban J connectivity index is 2.00. The van der Waals surface area contributed by atoms with E-state index in [2.05, 4.69) is 20.8 Å². The van der Waals surface area contributed by atoms with E-state index >= 15 is 0 Å². The SMILES string of the molecule is COC(=O)N1CCCN(C(=O)C=CC2=C(C)CCCC2(C)C)CC1. The van der Waals surface area contributed by atoms with Crippen molar-refractivity contribution in [3.05, 3.63) is 23.3 Å². The fourth-order valence-corrected chi connectivity index (χ4v) is 3.72. The number of ether oxygens (including phenoxy) is 1. The fourth-order valence-electron chi connectivity index (χ4n) is 3.72. The number of carbonyl (C=O) groups excluding carboxylic acids is 2. The molecule has 2 aliphatic rings. The molecule has 0 atom stereocenters. The van der Waals surface area contributed by atoms with Gasteiger partial charge >= 0.3 is 6.09 Å². The van der Waals surface area contributed by atoms with Gasteiger partial charge in [-0.1, -0.05) is 25.5 Å². The van der Waals surface area contributed by atoms with Gasteiger partial charge in [-0.2, -0.15) is 0 Å². The van der Waals surface area contributed by atoms with Crippen molar-refractivity contribution in [3.63, 3.8) is 0 Å². The Morgan fingerprint density at radius 1 is 1.08 bits per heavy atom. The van der Waals surface area contributed by atoms with Crippen LogP contribution in [-0.2, 0) is 9.53 Å². The summed E-state index contributed by atoms with van der Waals surface area (Å²) in [6.45, 7) is 9.07. The summed E-state index contributed by atoms with van der Waals surface area (Å²) in [5.41, 5.74) is 2.83. The van der Waals surface area contributed by atoms with Crippen molar-refractivity contribution < 1.29 is 14.3 Å². The standard InChI is InChI=1S/C19H30N2O3/c1-15-7-5-10-19(2,3)16(15)8-9-17(22)20-11-6-12-21(14-13-20)18(23)24-4/h8-9H,5-7,10-14H2,1-4H3. The molecular formula is C19H30N2O3. The highest BCUT2D eigenvalue weighted by molar-refractivity contribution is 5.88. The molecule has 2 amide bonds. The first-order valence-electron chi connectivity index (χ1n) is 8.85. The van der Waals surface area contributed by atoms with Crippen LogP contribution in [0.1, 0.15) is 46.5 Å². The summed E-state index contributed by atoms with van der Waals surface area (Å²) >= 11 is 0. The zero-order chi connectivity index (χ0) is 17.7. The Bertz CT molecular complexity index is 549. The summed E-state index contributed by atoms with van der Waals surface area (Å²) in [5.74, 6) is 0.0309. The Morgan fingerprint density at radius 3 is 2.42 bits per heavy atom. The highest BCUT2D eigenvalue weighted by Gasteiger charge is 2.27. The number of allylic oxidation sites excluding steroid dienone is 3. The van der Waals surface area contributed by atoms with Crippen LogP contribution in [0.4, 0.5) is 4.79 Å². The van der Waals surface area contributed by atoms with Gasteiger partial charge < -0.3 is 14.5 Å². The van der Waals surface area contributed by atoms with Crippen molar-refractivity contribution >= 4 is 12.0 Å². The van der Waals surface area contributed by atoms with Gasteiger partial charge in [-0.05, 0) is 43.6 Å². The van der Waals surface area contributed by atoms with Gasteiger partial charge in [0.05, 0.1) is 7.11 Å². The molecule has 0 aromatic rings. The monoisotopic (exact) mass is 334 g/mol. The lowest BCUT2D eigenvalue weighted by Gasteiger charge is -2.33. The smallest absolute Gasteiger partial charge is 0.409 e. The third-order valence-corrected chi connectivity index (χ3v) is 5.18. The molecule has 0 spiro atoms. The summed E-state index contributed by atoms with van der Waals surface area (Å²) in [6.07, 6.45) is 7.69. The average molecular weight is 334 g/mol. The van der Waals surface area contributed by atoms with Crippen LogP contribution in [0.25, 0.3) is 0 Å². The van der Waals surface area contributed by atoms with Gasteiger partial charge in [0.1, 0.15) is 0 Å². The quantitative estimate of drug-likeness (QED) is 0.728. The van der Waals surface area contributed by atoms with Gasteiger partial charge in [0.15, 0.2) is 0 Å². The molecule has 0 aromatic carbocycles. The van der Waals surface area contributed by atoms with Gasteiger partial charge in [-0.3, -0.25) is 4.79 Å². The van der Waals surface area contributed by atoms with Crippen LogP contribution in [0, 0.1) is 5.41 Å². The van der Waals surface area contributed by atoms with Crippen molar-refractivity contribution in [1.29, 1.82) is 0 Å². The Kier molecular flexibility index (Phi) is 6.08. The second-order valence-electron chi connectivity index (χ2n) is 7.40. The van der Waals surface area contributed by atoms with Crippen molar-refractivity contribution in [2.45, 2.75) is 46.5 Å². The highest BCUT2D eigenvalue weighted by Crippen LogP contribution is 2.40. The van der Waals surface area contributed by atoms with Gasteiger partial charge in [0.2, 0.25) is 5.91 Å². The Labute approximate surface area is 145 Å². The van der Waals surface area contributed by atoms with Gasteiger partial charge in [-0.25, -0.2) is 4.79 Å². The topological polar surface area (TPSA) is 49.9 Å². The minimum Gasteiger partial charge on any atom is -0.453 e. The van der Waals surface area contributed by atoms with E-state index in [0.717, 1.165) is 19.3 Å². The van der Waals surface area contributed by atoms with Gasteiger partial charge in [0.25, 0.3) is 0 Å². The van der Waals surface area contributed by atoms with E-state index in [1.165, 1.54) is 24.7 Å². The minimum atomic E-state index is -0.315. The Hall–Kier alpha value is -1.78. The summed E-state index contributed by atoms with van der Waals surface area (Å²) in [6, 6.07) is 0. The van der Waals surface area contributed by atoms with Crippen LogP contribution in [-0.4, -0.2) is 55.1 Å². The second kappa shape index (κ2) is 7.86. The summed E-state index contributed by atoms with van der Waals surface area (Å²) < 4.78 is 4.77. The normalized spacial score (nSPS) is 21.8. The maximum Gasteiger partial charge on any atom is 0.409 e. The number of hydrogen-bond donors (Lipinski definition) is 0. The van der Waals surface area contributed by atoms with E-state index in [0.29, 0.717) is 26.2 Å². The molecule has 5 nitrogen and oxygen atoms in total. The number of hydrogen-bond acceptors (Lipinski definition) is 3. The largest absolute Gasteiger partial charge is 0.453 e. The number of rotatable bonds is 2. The summed E-state index contributed by atoms with van der Waals surface area (Å²) in [4.78, 5) is 27.6. The van der Waals surface area contributed by atoms with Crippen LogP contribution in [0.15, 0.2) is 23.3 Å². The second-order valence-corrected chi connectivity index (χ2v) is 7.40. The summed E-state index contributed by atoms with van der Waals surface area (Å²) in [5, 5.41) is 0.